The second kappa shape index (κ2) is 5.19. The Kier molecular flexibility index (Phi) is 3.88. The minimum atomic E-state index is 0.754. The quantitative estimate of drug-likeness (QED) is 0.583. The van der Waals surface area contributed by atoms with Gasteiger partial charge in [-0.15, -0.1) is 0 Å². The maximum atomic E-state index is 4.76. The van der Waals surface area contributed by atoms with Crippen LogP contribution in [0.15, 0.2) is 42.4 Å². The van der Waals surface area contributed by atoms with Crippen LogP contribution in [0, 0.1) is 0 Å². The Hall–Kier alpha value is -1.61. The zero-order valence-electron chi connectivity index (χ0n) is 8.45. The number of nitrogens with one attached hydrogen (secondary N) is 1. The molecule has 1 aromatic rings. The van der Waals surface area contributed by atoms with Crippen LogP contribution in [0.2, 0.25) is 0 Å². The third kappa shape index (κ3) is 3.03. The van der Waals surface area contributed by atoms with Gasteiger partial charge < -0.3 is 0 Å². The predicted molar refractivity (Wildman–Crippen MR) is 57.2 cm³/mol. The van der Waals surface area contributed by atoms with E-state index >= 15 is 0 Å². The summed E-state index contributed by atoms with van der Waals surface area (Å²) >= 11 is 0. The minimum Gasteiger partial charge on any atom is -0.279 e. The summed E-state index contributed by atoms with van der Waals surface area (Å²) in [5.74, 6) is 0. The van der Waals surface area contributed by atoms with Gasteiger partial charge in [-0.05, 0) is 36.3 Å². The molecule has 0 radical (unpaired) electrons. The summed E-state index contributed by atoms with van der Waals surface area (Å²) in [6.45, 7) is 5.79. The smallest absolute Gasteiger partial charge is 0.0636 e. The summed E-state index contributed by atoms with van der Waals surface area (Å²) < 4.78 is 0. The summed E-state index contributed by atoms with van der Waals surface area (Å²) in [6.07, 6.45) is 5.52. The van der Waals surface area contributed by atoms with E-state index in [1.54, 1.807) is 19.5 Å². The molecule has 0 atom stereocenters. The van der Waals surface area contributed by atoms with Crippen LogP contribution in [-0.2, 0) is 4.84 Å². The number of pyridine rings is 1. The van der Waals surface area contributed by atoms with E-state index in [2.05, 4.69) is 17.0 Å². The Bertz CT molecular complexity index is 330. The Morgan fingerprint density at radius 1 is 1.50 bits per heavy atom. The van der Waals surface area contributed by atoms with E-state index in [0.29, 0.717) is 0 Å². The number of aromatic nitrogens is 1. The highest BCUT2D eigenvalue weighted by atomic mass is 16.6. The molecule has 14 heavy (non-hydrogen) atoms. The molecule has 0 amide bonds. The Morgan fingerprint density at radius 2 is 2.14 bits per heavy atom. The van der Waals surface area contributed by atoms with Crippen LogP contribution in [0.1, 0.15) is 12.5 Å². The first-order valence-electron chi connectivity index (χ1n) is 4.30. The van der Waals surface area contributed by atoms with Crippen LogP contribution >= 0.6 is 0 Å². The van der Waals surface area contributed by atoms with Crippen molar-refractivity contribution in [2.75, 3.05) is 7.11 Å². The van der Waals surface area contributed by atoms with Gasteiger partial charge in [-0.1, -0.05) is 6.58 Å². The molecular weight excluding hydrogens is 176 g/mol. The van der Waals surface area contributed by atoms with Crippen LogP contribution in [0.25, 0.3) is 6.08 Å². The fourth-order valence-corrected chi connectivity index (χ4v) is 1.00. The van der Waals surface area contributed by atoms with E-state index in [9.17, 15) is 0 Å². The average molecular weight is 190 g/mol. The molecule has 0 saturated heterocycles. The highest BCUT2D eigenvalue weighted by Crippen LogP contribution is 2.09. The molecular formula is C11H14N2O. The first-order valence-corrected chi connectivity index (χ1v) is 4.30. The second-order valence-corrected chi connectivity index (χ2v) is 2.89. The van der Waals surface area contributed by atoms with Crippen LogP contribution in [0.4, 0.5) is 0 Å². The lowest BCUT2D eigenvalue weighted by atomic mass is 10.1. The van der Waals surface area contributed by atoms with E-state index in [1.807, 2.05) is 25.1 Å². The monoisotopic (exact) mass is 190 g/mol. The standard InChI is InChI=1S/C11H14N2O/c1-9(10(2)13-14-3)8-11-4-6-12-7-5-11/h4-8,13H,2H2,1,3H3. The molecule has 3 heteroatoms. The summed E-state index contributed by atoms with van der Waals surface area (Å²) in [5.41, 5.74) is 5.56. The van der Waals surface area contributed by atoms with Gasteiger partial charge in [0, 0.05) is 12.4 Å². The largest absolute Gasteiger partial charge is 0.279 e. The average Bonchev–Trinajstić information content (AvgIpc) is 2.19. The third-order valence-corrected chi connectivity index (χ3v) is 1.79. The minimum absolute atomic E-state index is 0.754. The fraction of sp³-hybridized carbons (Fsp3) is 0.182. The highest BCUT2D eigenvalue weighted by Gasteiger charge is 1.95. The van der Waals surface area contributed by atoms with Crippen LogP contribution in [0.3, 0.4) is 0 Å². The lowest BCUT2D eigenvalue weighted by molar-refractivity contribution is 0.120. The van der Waals surface area contributed by atoms with E-state index in [1.165, 1.54) is 0 Å². The van der Waals surface area contributed by atoms with Crippen molar-refractivity contribution in [2.24, 2.45) is 0 Å². The van der Waals surface area contributed by atoms with E-state index in [4.69, 9.17) is 4.84 Å². The summed E-state index contributed by atoms with van der Waals surface area (Å²) in [7, 11) is 1.56. The van der Waals surface area contributed by atoms with Crippen molar-refractivity contribution >= 4 is 6.08 Å². The number of hydroxylamine groups is 1. The molecule has 0 aromatic carbocycles. The summed E-state index contributed by atoms with van der Waals surface area (Å²) in [4.78, 5) is 8.70. The second-order valence-electron chi connectivity index (χ2n) is 2.89. The van der Waals surface area contributed by atoms with Gasteiger partial charge in [0.25, 0.3) is 0 Å². The van der Waals surface area contributed by atoms with Crippen molar-refractivity contribution in [1.82, 2.24) is 10.5 Å². The molecule has 0 aliphatic rings. The molecule has 1 heterocycles. The number of hydrogen-bond donors (Lipinski definition) is 1. The molecule has 1 N–H and O–H groups in total. The van der Waals surface area contributed by atoms with Crippen molar-refractivity contribution in [3.05, 3.63) is 47.9 Å². The molecule has 3 nitrogen and oxygen atoms in total. The molecule has 1 aromatic heterocycles. The van der Waals surface area contributed by atoms with Crippen molar-refractivity contribution in [3.63, 3.8) is 0 Å². The van der Waals surface area contributed by atoms with Crippen LogP contribution in [-0.4, -0.2) is 12.1 Å². The lowest BCUT2D eigenvalue weighted by Gasteiger charge is -2.06. The molecule has 0 unspecified atom stereocenters. The lowest BCUT2D eigenvalue weighted by Crippen LogP contribution is -2.10. The highest BCUT2D eigenvalue weighted by molar-refractivity contribution is 5.56. The first kappa shape index (κ1) is 10.5. The molecule has 0 fully saturated rings. The van der Waals surface area contributed by atoms with Gasteiger partial charge in [-0.25, -0.2) is 0 Å². The van der Waals surface area contributed by atoms with Crippen molar-refractivity contribution in [3.8, 4) is 0 Å². The summed E-state index contributed by atoms with van der Waals surface area (Å²) in [5, 5.41) is 0. The van der Waals surface area contributed by atoms with Gasteiger partial charge in [-0.2, -0.15) is 0 Å². The van der Waals surface area contributed by atoms with Crippen molar-refractivity contribution in [1.29, 1.82) is 0 Å². The molecule has 0 bridgehead atoms. The number of hydrogen-bond acceptors (Lipinski definition) is 3. The molecule has 1 rings (SSSR count). The van der Waals surface area contributed by atoms with Crippen molar-refractivity contribution in [2.45, 2.75) is 6.92 Å². The zero-order valence-corrected chi connectivity index (χ0v) is 8.45. The van der Waals surface area contributed by atoms with Crippen LogP contribution < -0.4 is 5.48 Å². The normalized spacial score (nSPS) is 11.1. The van der Waals surface area contributed by atoms with Gasteiger partial charge in [0.2, 0.25) is 0 Å². The van der Waals surface area contributed by atoms with E-state index in [-0.39, 0.29) is 0 Å². The number of allylic oxidation sites excluding steroid dienone is 1. The molecule has 0 saturated carbocycles. The number of rotatable bonds is 4. The van der Waals surface area contributed by atoms with Crippen molar-refractivity contribution < 1.29 is 4.84 Å². The Morgan fingerprint density at radius 3 is 2.71 bits per heavy atom. The number of nitrogens with zero attached hydrogens (tertiary/aromatic N) is 1. The Labute approximate surface area is 84.1 Å². The van der Waals surface area contributed by atoms with Gasteiger partial charge in [0.1, 0.15) is 0 Å². The summed E-state index contributed by atoms with van der Waals surface area (Å²) in [6, 6.07) is 3.87. The van der Waals surface area contributed by atoms with Gasteiger partial charge >= 0.3 is 0 Å². The third-order valence-electron chi connectivity index (χ3n) is 1.79. The van der Waals surface area contributed by atoms with Gasteiger partial charge in [-0.3, -0.25) is 15.3 Å². The topological polar surface area (TPSA) is 34.1 Å². The Balaban J connectivity index is 2.74. The first-order chi connectivity index (χ1) is 6.74. The molecule has 0 aliphatic carbocycles. The molecule has 74 valence electrons. The van der Waals surface area contributed by atoms with E-state index in [0.717, 1.165) is 16.8 Å². The predicted octanol–water partition coefficient (Wildman–Crippen LogP) is 2.15. The zero-order chi connectivity index (χ0) is 10.4. The maximum absolute atomic E-state index is 4.76. The van der Waals surface area contributed by atoms with Gasteiger partial charge in [0.15, 0.2) is 0 Å². The molecule has 0 spiro atoms. The van der Waals surface area contributed by atoms with Gasteiger partial charge in [0.05, 0.1) is 12.8 Å². The molecule has 0 aliphatic heterocycles. The maximum Gasteiger partial charge on any atom is 0.0636 e. The van der Waals surface area contributed by atoms with Crippen LogP contribution in [0.5, 0.6) is 0 Å². The van der Waals surface area contributed by atoms with E-state index < -0.39 is 0 Å². The fourth-order valence-electron chi connectivity index (χ4n) is 1.00. The SMILES string of the molecule is C=C(NOC)C(C)=Cc1ccncc1.